The van der Waals surface area contributed by atoms with Gasteiger partial charge >= 0.3 is 0 Å². The average molecular weight is 351 g/mol. The molecule has 0 saturated carbocycles. The van der Waals surface area contributed by atoms with Crippen LogP contribution in [0.5, 0.6) is 0 Å². The molecule has 0 unspecified atom stereocenters. The lowest BCUT2D eigenvalue weighted by Gasteiger charge is -2.18. The van der Waals surface area contributed by atoms with Crippen LogP contribution >= 0.6 is 0 Å². The topological polar surface area (TPSA) is 78.5 Å². The fourth-order valence-electron chi connectivity index (χ4n) is 3.04. The molecule has 0 spiro atoms. The molecule has 134 valence electrons. The van der Waals surface area contributed by atoms with Crippen molar-refractivity contribution in [2.45, 2.75) is 19.8 Å². The summed E-state index contributed by atoms with van der Waals surface area (Å²) < 4.78 is 0. The molecule has 1 fully saturated rings. The third-order valence-corrected chi connectivity index (χ3v) is 4.28. The minimum Gasteiger partial charge on any atom is -0.339 e. The zero-order chi connectivity index (χ0) is 18.5. The van der Waals surface area contributed by atoms with E-state index in [4.69, 9.17) is 0 Å². The predicted molar refractivity (Wildman–Crippen MR) is 100 cm³/mol. The fraction of sp³-hybridized carbons (Fsp3) is 0.250. The van der Waals surface area contributed by atoms with Crippen LogP contribution < -0.4 is 10.6 Å². The van der Waals surface area contributed by atoms with Crippen molar-refractivity contribution in [3.8, 4) is 0 Å². The van der Waals surface area contributed by atoms with Gasteiger partial charge in [0, 0.05) is 20.0 Å². The lowest BCUT2D eigenvalue weighted by Crippen LogP contribution is -2.29. The number of anilines is 2. The first-order chi connectivity index (χ1) is 12.6. The van der Waals surface area contributed by atoms with Crippen molar-refractivity contribution in [2.24, 2.45) is 0 Å². The minimum absolute atomic E-state index is 0.0754. The second-order valence-corrected chi connectivity index (χ2v) is 6.23. The summed E-state index contributed by atoms with van der Waals surface area (Å²) in [6.07, 6.45) is 2.01. The van der Waals surface area contributed by atoms with Gasteiger partial charge in [-0.25, -0.2) is 0 Å². The summed E-state index contributed by atoms with van der Waals surface area (Å²) in [5.41, 5.74) is 1.71. The fourth-order valence-corrected chi connectivity index (χ4v) is 3.04. The van der Waals surface area contributed by atoms with Gasteiger partial charge in [0.2, 0.25) is 5.91 Å². The highest BCUT2D eigenvalue weighted by molar-refractivity contribution is 6.12. The molecule has 0 atom stereocenters. The Hall–Kier alpha value is -3.15. The van der Waals surface area contributed by atoms with Gasteiger partial charge in [0.25, 0.3) is 11.8 Å². The van der Waals surface area contributed by atoms with Gasteiger partial charge in [0.15, 0.2) is 0 Å². The largest absolute Gasteiger partial charge is 0.339 e. The number of benzene rings is 2. The molecule has 6 heteroatoms. The van der Waals surface area contributed by atoms with E-state index < -0.39 is 0 Å². The highest BCUT2D eigenvalue weighted by Crippen LogP contribution is 2.22. The van der Waals surface area contributed by atoms with E-state index in [9.17, 15) is 14.4 Å². The van der Waals surface area contributed by atoms with Gasteiger partial charge in [0.05, 0.1) is 22.5 Å². The van der Waals surface area contributed by atoms with Gasteiger partial charge in [-0.2, -0.15) is 0 Å². The normalized spacial score (nSPS) is 13.3. The molecule has 1 saturated heterocycles. The third-order valence-electron chi connectivity index (χ3n) is 4.28. The highest BCUT2D eigenvalue weighted by Gasteiger charge is 2.22. The summed E-state index contributed by atoms with van der Waals surface area (Å²) in [6.45, 7) is 2.87. The van der Waals surface area contributed by atoms with E-state index in [1.807, 2.05) is 0 Å². The molecular formula is C20H21N3O3. The van der Waals surface area contributed by atoms with Crippen molar-refractivity contribution < 1.29 is 14.4 Å². The van der Waals surface area contributed by atoms with Crippen molar-refractivity contribution in [1.82, 2.24) is 4.90 Å². The molecule has 1 heterocycles. The summed E-state index contributed by atoms with van der Waals surface area (Å²) in [6, 6.07) is 13.7. The second-order valence-electron chi connectivity index (χ2n) is 6.23. The van der Waals surface area contributed by atoms with Crippen LogP contribution in [0.25, 0.3) is 0 Å². The first kappa shape index (κ1) is 17.7. The Labute approximate surface area is 152 Å². The molecule has 6 nitrogen and oxygen atoms in total. The maximum Gasteiger partial charge on any atom is 0.257 e. The maximum atomic E-state index is 12.7. The number of hydrogen-bond donors (Lipinski definition) is 2. The van der Waals surface area contributed by atoms with Crippen LogP contribution in [-0.2, 0) is 4.79 Å². The number of carbonyl (C=O) groups excluding carboxylic acids is 3. The standard InChI is InChI=1S/C20H21N3O3/c1-14(24)21-17-10-4-2-8-15(17)19(25)22-18-11-5-3-9-16(18)20(26)23-12-6-7-13-23/h2-5,8-11H,6-7,12-13H2,1H3,(H,21,24)(H,22,25). The number of nitrogens with zero attached hydrogens (tertiary/aromatic N) is 1. The number of likely N-dealkylation sites (tertiary alicyclic amines) is 1. The maximum absolute atomic E-state index is 12.7. The number of para-hydroxylation sites is 2. The Morgan fingerprint density at radius 2 is 1.35 bits per heavy atom. The number of rotatable bonds is 4. The van der Waals surface area contributed by atoms with E-state index in [0.29, 0.717) is 22.5 Å². The average Bonchev–Trinajstić information content (AvgIpc) is 3.16. The van der Waals surface area contributed by atoms with E-state index in [-0.39, 0.29) is 17.7 Å². The molecule has 0 aromatic heterocycles. The molecule has 3 amide bonds. The summed E-state index contributed by atoms with van der Waals surface area (Å²) in [5.74, 6) is -0.709. The molecule has 1 aliphatic heterocycles. The first-order valence-electron chi connectivity index (χ1n) is 8.62. The second kappa shape index (κ2) is 7.82. The van der Waals surface area contributed by atoms with E-state index >= 15 is 0 Å². The van der Waals surface area contributed by atoms with Crippen LogP contribution in [0, 0.1) is 0 Å². The highest BCUT2D eigenvalue weighted by atomic mass is 16.2. The Morgan fingerprint density at radius 1 is 0.808 bits per heavy atom. The van der Waals surface area contributed by atoms with Gasteiger partial charge in [-0.1, -0.05) is 24.3 Å². The van der Waals surface area contributed by atoms with Crippen molar-refractivity contribution >= 4 is 29.1 Å². The number of hydrogen-bond acceptors (Lipinski definition) is 3. The van der Waals surface area contributed by atoms with E-state index in [1.54, 1.807) is 53.4 Å². The van der Waals surface area contributed by atoms with E-state index in [0.717, 1.165) is 25.9 Å². The van der Waals surface area contributed by atoms with E-state index in [1.165, 1.54) is 6.92 Å². The molecule has 3 rings (SSSR count). The molecule has 0 radical (unpaired) electrons. The van der Waals surface area contributed by atoms with Crippen molar-refractivity contribution in [1.29, 1.82) is 0 Å². The third kappa shape index (κ3) is 3.91. The molecule has 1 aliphatic rings. The van der Waals surface area contributed by atoms with Crippen molar-refractivity contribution in [2.75, 3.05) is 23.7 Å². The van der Waals surface area contributed by atoms with Crippen LogP contribution in [0.15, 0.2) is 48.5 Å². The van der Waals surface area contributed by atoms with Crippen molar-refractivity contribution in [3.05, 3.63) is 59.7 Å². The molecule has 2 aromatic rings. The number of carbonyl (C=O) groups is 3. The first-order valence-corrected chi connectivity index (χ1v) is 8.62. The van der Waals surface area contributed by atoms with Gasteiger partial charge in [-0.05, 0) is 37.1 Å². The molecule has 2 aromatic carbocycles. The Balaban J connectivity index is 1.85. The number of nitrogens with one attached hydrogen (secondary N) is 2. The van der Waals surface area contributed by atoms with E-state index in [2.05, 4.69) is 10.6 Å². The lowest BCUT2D eigenvalue weighted by molar-refractivity contribution is -0.114. The van der Waals surface area contributed by atoms with Gasteiger partial charge in [-0.3, -0.25) is 14.4 Å². The molecule has 26 heavy (non-hydrogen) atoms. The van der Waals surface area contributed by atoms with Crippen LogP contribution in [0.3, 0.4) is 0 Å². The minimum atomic E-state index is -0.379. The zero-order valence-corrected chi connectivity index (χ0v) is 14.6. The SMILES string of the molecule is CC(=O)Nc1ccccc1C(=O)Nc1ccccc1C(=O)N1CCCC1. The number of amides is 3. The summed E-state index contributed by atoms with van der Waals surface area (Å²) in [7, 11) is 0. The summed E-state index contributed by atoms with van der Waals surface area (Å²) >= 11 is 0. The quantitative estimate of drug-likeness (QED) is 0.888. The lowest BCUT2D eigenvalue weighted by atomic mass is 10.1. The van der Waals surface area contributed by atoms with Gasteiger partial charge < -0.3 is 15.5 Å². The predicted octanol–water partition coefficient (Wildman–Crippen LogP) is 3.13. The van der Waals surface area contributed by atoms with Gasteiger partial charge in [-0.15, -0.1) is 0 Å². The van der Waals surface area contributed by atoms with Crippen LogP contribution in [-0.4, -0.2) is 35.7 Å². The Morgan fingerprint density at radius 3 is 1.96 bits per heavy atom. The monoisotopic (exact) mass is 351 g/mol. The van der Waals surface area contributed by atoms with Crippen LogP contribution in [0.2, 0.25) is 0 Å². The van der Waals surface area contributed by atoms with Crippen molar-refractivity contribution in [3.63, 3.8) is 0 Å². The Bertz CT molecular complexity index is 842. The summed E-state index contributed by atoms with van der Waals surface area (Å²) in [5, 5.41) is 5.45. The van der Waals surface area contributed by atoms with Gasteiger partial charge in [0.1, 0.15) is 0 Å². The molecule has 0 bridgehead atoms. The smallest absolute Gasteiger partial charge is 0.257 e. The molecule has 2 N–H and O–H groups in total. The van der Waals surface area contributed by atoms with Crippen LogP contribution in [0.4, 0.5) is 11.4 Å². The molecule has 0 aliphatic carbocycles. The van der Waals surface area contributed by atoms with Crippen LogP contribution in [0.1, 0.15) is 40.5 Å². The summed E-state index contributed by atoms with van der Waals surface area (Å²) in [4.78, 5) is 38.6. The Kier molecular flexibility index (Phi) is 5.31. The zero-order valence-electron chi connectivity index (χ0n) is 14.6. The molecular weight excluding hydrogens is 330 g/mol.